The lowest BCUT2D eigenvalue weighted by molar-refractivity contribution is -0.179. The summed E-state index contributed by atoms with van der Waals surface area (Å²) < 4.78 is 17.0. The van der Waals surface area contributed by atoms with Gasteiger partial charge in [-0.1, -0.05) is 91.0 Å². The van der Waals surface area contributed by atoms with Crippen molar-refractivity contribution >= 4 is 17.8 Å². The maximum Gasteiger partial charge on any atom is 0.310 e. The minimum atomic E-state index is -0.921. The zero-order valence-corrected chi connectivity index (χ0v) is 24.3. The molecule has 7 nitrogen and oxygen atoms in total. The van der Waals surface area contributed by atoms with E-state index in [2.05, 4.69) is 0 Å². The molecule has 0 bridgehead atoms. The van der Waals surface area contributed by atoms with E-state index in [4.69, 9.17) is 14.2 Å². The number of ether oxygens (including phenoxy) is 3. The predicted molar refractivity (Wildman–Crippen MR) is 162 cm³/mol. The van der Waals surface area contributed by atoms with E-state index in [1.807, 2.05) is 122 Å². The molecule has 0 aromatic heterocycles. The lowest BCUT2D eigenvalue weighted by Crippen LogP contribution is -2.54. The molecule has 4 aromatic carbocycles. The molecule has 0 radical (unpaired) electrons. The molecule has 5 rings (SSSR count). The van der Waals surface area contributed by atoms with Crippen molar-refractivity contribution in [2.24, 2.45) is 17.8 Å². The summed E-state index contributed by atoms with van der Waals surface area (Å²) in [6.07, 6.45) is 0.221. The number of hydrogen-bond donors (Lipinski definition) is 0. The molecule has 3 unspecified atom stereocenters. The number of nitrogens with zero attached hydrogens (tertiary/aromatic N) is 1. The van der Waals surface area contributed by atoms with Crippen LogP contribution in [-0.2, 0) is 37.1 Å². The number of amides is 1. The molecule has 4 atom stereocenters. The van der Waals surface area contributed by atoms with E-state index in [-0.39, 0.29) is 31.6 Å². The quantitative estimate of drug-likeness (QED) is 0.184. The average molecular weight is 578 g/mol. The van der Waals surface area contributed by atoms with E-state index >= 15 is 0 Å². The number of carbonyl (C=O) groups is 3. The smallest absolute Gasteiger partial charge is 0.310 e. The van der Waals surface area contributed by atoms with Crippen molar-refractivity contribution in [2.75, 3.05) is 7.05 Å². The number of esters is 2. The van der Waals surface area contributed by atoms with Gasteiger partial charge < -0.3 is 19.1 Å². The summed E-state index contributed by atoms with van der Waals surface area (Å²) in [6, 6.07) is 35.5. The largest absolute Gasteiger partial charge is 0.461 e. The Hall–Kier alpha value is -4.91. The van der Waals surface area contributed by atoms with Crippen molar-refractivity contribution in [1.82, 2.24) is 4.90 Å². The lowest BCUT2D eigenvalue weighted by Gasteiger charge is -2.42. The van der Waals surface area contributed by atoms with E-state index in [1.165, 1.54) is 0 Å². The molecule has 0 aliphatic heterocycles. The molecule has 0 saturated heterocycles. The van der Waals surface area contributed by atoms with Crippen LogP contribution < -0.4 is 4.74 Å². The van der Waals surface area contributed by atoms with Crippen molar-refractivity contribution in [3.63, 3.8) is 0 Å². The standard InChI is InChI=1S/C36H35NO6/c1-25(28-18-20-30(21-19-28)43-29-16-10-5-11-17-29)37(2)34(38)31-22-32(35(39)41-23-26-12-6-3-7-13-26)33(31)36(40)42-24-27-14-8-4-9-15-27/h3-21,25,31-33H,22-24H2,1-2H3/t25-,31?,32?,33?/m0/s1. The van der Waals surface area contributed by atoms with Crippen molar-refractivity contribution in [3.05, 3.63) is 132 Å². The number of hydrogen-bond acceptors (Lipinski definition) is 6. The van der Waals surface area contributed by atoms with Gasteiger partial charge in [0.2, 0.25) is 5.91 Å². The van der Waals surface area contributed by atoms with E-state index in [0.717, 1.165) is 22.4 Å². The molecular formula is C36H35NO6. The summed E-state index contributed by atoms with van der Waals surface area (Å²) in [5.74, 6) is -2.22. The molecule has 43 heavy (non-hydrogen) atoms. The Morgan fingerprint density at radius 2 is 1.16 bits per heavy atom. The Morgan fingerprint density at radius 1 is 0.674 bits per heavy atom. The van der Waals surface area contributed by atoms with Gasteiger partial charge in [-0.05, 0) is 54.3 Å². The van der Waals surface area contributed by atoms with Gasteiger partial charge >= 0.3 is 11.9 Å². The second-order valence-corrected chi connectivity index (χ2v) is 10.8. The van der Waals surface area contributed by atoms with Gasteiger partial charge in [0, 0.05) is 7.05 Å². The number of para-hydroxylation sites is 1. The third kappa shape index (κ3) is 7.30. The zero-order valence-electron chi connectivity index (χ0n) is 24.3. The van der Waals surface area contributed by atoms with Crippen LogP contribution in [0.3, 0.4) is 0 Å². The second kappa shape index (κ2) is 13.8. The maximum atomic E-state index is 13.7. The first kappa shape index (κ1) is 29.6. The van der Waals surface area contributed by atoms with Gasteiger partial charge in [0.15, 0.2) is 0 Å². The second-order valence-electron chi connectivity index (χ2n) is 10.8. The molecule has 1 aliphatic rings. The fourth-order valence-corrected chi connectivity index (χ4v) is 5.25. The van der Waals surface area contributed by atoms with Crippen molar-refractivity contribution < 1.29 is 28.6 Å². The predicted octanol–water partition coefficient (Wildman–Crippen LogP) is 6.74. The fraction of sp³-hybridized carbons (Fsp3) is 0.250. The van der Waals surface area contributed by atoms with Crippen molar-refractivity contribution in [1.29, 1.82) is 0 Å². The van der Waals surface area contributed by atoms with Crippen LogP contribution in [0.2, 0.25) is 0 Å². The van der Waals surface area contributed by atoms with E-state index in [1.54, 1.807) is 11.9 Å². The number of rotatable bonds is 11. The molecule has 0 spiro atoms. The topological polar surface area (TPSA) is 82.1 Å². The van der Waals surface area contributed by atoms with Gasteiger partial charge in [-0.15, -0.1) is 0 Å². The summed E-state index contributed by atoms with van der Waals surface area (Å²) in [7, 11) is 1.72. The Labute approximate surface area is 252 Å². The van der Waals surface area contributed by atoms with Gasteiger partial charge in [-0.2, -0.15) is 0 Å². The summed E-state index contributed by atoms with van der Waals surface area (Å²) in [4.78, 5) is 41.8. The SMILES string of the molecule is C[C@@H](c1ccc(Oc2ccccc2)cc1)N(C)C(=O)C1CC(C(=O)OCc2ccccc2)C1C(=O)OCc1ccccc1. The van der Waals surface area contributed by atoms with Crippen LogP contribution in [0.4, 0.5) is 0 Å². The van der Waals surface area contributed by atoms with Crippen molar-refractivity contribution in [2.45, 2.75) is 32.6 Å². The third-order valence-electron chi connectivity index (χ3n) is 7.98. The molecule has 4 aromatic rings. The van der Waals surface area contributed by atoms with Crippen LogP contribution in [0.25, 0.3) is 0 Å². The Bertz CT molecular complexity index is 1510. The summed E-state index contributed by atoms with van der Waals surface area (Å²) in [6.45, 7) is 2.09. The van der Waals surface area contributed by atoms with Crippen LogP contribution in [0, 0.1) is 17.8 Å². The van der Waals surface area contributed by atoms with Crippen LogP contribution in [0.15, 0.2) is 115 Å². The van der Waals surface area contributed by atoms with E-state index < -0.39 is 29.7 Å². The van der Waals surface area contributed by atoms with Crippen LogP contribution in [0.1, 0.15) is 36.1 Å². The molecule has 1 fully saturated rings. The average Bonchev–Trinajstić information content (AvgIpc) is 3.03. The molecule has 0 heterocycles. The molecule has 1 saturated carbocycles. The lowest BCUT2D eigenvalue weighted by atomic mass is 9.64. The molecule has 220 valence electrons. The summed E-state index contributed by atoms with van der Waals surface area (Å²) in [5, 5.41) is 0. The van der Waals surface area contributed by atoms with Crippen LogP contribution >= 0.6 is 0 Å². The Balaban J connectivity index is 1.25. The third-order valence-corrected chi connectivity index (χ3v) is 7.98. The number of benzene rings is 4. The summed E-state index contributed by atoms with van der Waals surface area (Å²) >= 11 is 0. The minimum Gasteiger partial charge on any atom is -0.461 e. The summed E-state index contributed by atoms with van der Waals surface area (Å²) in [5.41, 5.74) is 2.59. The van der Waals surface area contributed by atoms with E-state index in [9.17, 15) is 14.4 Å². The van der Waals surface area contributed by atoms with E-state index in [0.29, 0.717) is 5.75 Å². The molecule has 1 aliphatic carbocycles. The molecule has 0 N–H and O–H groups in total. The van der Waals surface area contributed by atoms with Crippen LogP contribution in [-0.4, -0.2) is 29.8 Å². The number of carbonyl (C=O) groups excluding carboxylic acids is 3. The molecular weight excluding hydrogens is 542 g/mol. The Morgan fingerprint density at radius 3 is 1.72 bits per heavy atom. The normalized spacial score (nSPS) is 18.0. The zero-order chi connectivity index (χ0) is 30.2. The van der Waals surface area contributed by atoms with Gasteiger partial charge in [-0.3, -0.25) is 14.4 Å². The molecule has 1 amide bonds. The first-order chi connectivity index (χ1) is 20.9. The van der Waals surface area contributed by atoms with Gasteiger partial charge in [-0.25, -0.2) is 0 Å². The molecule has 7 heteroatoms. The first-order valence-corrected chi connectivity index (χ1v) is 14.4. The highest BCUT2D eigenvalue weighted by Crippen LogP contribution is 2.44. The maximum absolute atomic E-state index is 13.7. The first-order valence-electron chi connectivity index (χ1n) is 14.4. The van der Waals surface area contributed by atoms with Gasteiger partial charge in [0.05, 0.1) is 23.8 Å². The van der Waals surface area contributed by atoms with Gasteiger partial charge in [0.1, 0.15) is 24.7 Å². The minimum absolute atomic E-state index is 0.0620. The fourth-order valence-electron chi connectivity index (χ4n) is 5.25. The monoisotopic (exact) mass is 577 g/mol. The highest BCUT2D eigenvalue weighted by molar-refractivity contribution is 5.92. The van der Waals surface area contributed by atoms with Crippen LogP contribution in [0.5, 0.6) is 11.5 Å². The van der Waals surface area contributed by atoms with Gasteiger partial charge in [0.25, 0.3) is 0 Å². The highest BCUT2D eigenvalue weighted by Gasteiger charge is 2.55. The van der Waals surface area contributed by atoms with Crippen molar-refractivity contribution in [3.8, 4) is 11.5 Å². The highest BCUT2D eigenvalue weighted by atomic mass is 16.5. The Kier molecular flexibility index (Phi) is 9.52.